The van der Waals surface area contributed by atoms with Crippen LogP contribution in [0.1, 0.15) is 40.7 Å². The molecule has 3 rings (SSSR count). The molecule has 0 radical (unpaired) electrons. The SMILES string of the molecule is CCC(=N)N(C(=O)c1[nH]ccc1C#Cc1cnn(C)c1C)c1ccccc1. The second-order valence-electron chi connectivity index (χ2n) is 6.06. The number of hydrogen-bond donors (Lipinski definition) is 2. The van der Waals surface area contributed by atoms with Crippen molar-refractivity contribution in [3.8, 4) is 11.8 Å². The van der Waals surface area contributed by atoms with Gasteiger partial charge in [-0.2, -0.15) is 5.10 Å². The van der Waals surface area contributed by atoms with Crippen molar-refractivity contribution < 1.29 is 4.79 Å². The van der Waals surface area contributed by atoms with E-state index in [4.69, 9.17) is 5.41 Å². The summed E-state index contributed by atoms with van der Waals surface area (Å²) in [5.41, 5.74) is 3.40. The Bertz CT molecular complexity index is 1030. The molecule has 0 bridgehead atoms. The highest BCUT2D eigenvalue weighted by Crippen LogP contribution is 2.19. The monoisotopic (exact) mass is 359 g/mol. The largest absolute Gasteiger partial charge is 0.356 e. The van der Waals surface area contributed by atoms with Crippen molar-refractivity contribution in [2.75, 3.05) is 4.90 Å². The van der Waals surface area contributed by atoms with Gasteiger partial charge in [-0.25, -0.2) is 0 Å². The van der Waals surface area contributed by atoms with Crippen molar-refractivity contribution in [3.63, 3.8) is 0 Å². The Kier molecular flexibility index (Phi) is 5.23. The van der Waals surface area contributed by atoms with Crippen LogP contribution < -0.4 is 4.90 Å². The highest BCUT2D eigenvalue weighted by molar-refractivity contribution is 6.21. The second-order valence-corrected chi connectivity index (χ2v) is 6.06. The summed E-state index contributed by atoms with van der Waals surface area (Å²) in [6, 6.07) is 11.0. The molecule has 0 unspecified atom stereocenters. The van der Waals surface area contributed by atoms with E-state index in [0.717, 1.165) is 11.3 Å². The summed E-state index contributed by atoms with van der Waals surface area (Å²) in [5, 5.41) is 12.4. The van der Waals surface area contributed by atoms with Crippen molar-refractivity contribution >= 4 is 17.4 Å². The number of amidine groups is 1. The Labute approximate surface area is 158 Å². The van der Waals surface area contributed by atoms with E-state index in [-0.39, 0.29) is 11.7 Å². The Morgan fingerprint density at radius 1 is 1.22 bits per heavy atom. The summed E-state index contributed by atoms with van der Waals surface area (Å²) in [7, 11) is 1.86. The van der Waals surface area contributed by atoms with Crippen LogP contribution in [0.25, 0.3) is 0 Å². The summed E-state index contributed by atoms with van der Waals surface area (Å²) in [6.07, 6.45) is 3.84. The molecule has 0 saturated carbocycles. The third-order valence-corrected chi connectivity index (χ3v) is 4.35. The lowest BCUT2D eigenvalue weighted by molar-refractivity contribution is 0.0997. The van der Waals surface area contributed by atoms with Gasteiger partial charge in [-0.1, -0.05) is 37.0 Å². The first-order valence-electron chi connectivity index (χ1n) is 8.67. The van der Waals surface area contributed by atoms with Crippen molar-refractivity contribution in [1.29, 1.82) is 5.41 Å². The molecule has 2 heterocycles. The molecule has 2 N–H and O–H groups in total. The molecule has 0 aliphatic carbocycles. The molecular weight excluding hydrogens is 338 g/mol. The molecule has 0 saturated heterocycles. The number of rotatable bonds is 3. The quantitative estimate of drug-likeness (QED) is 0.427. The van der Waals surface area contributed by atoms with Crippen LogP contribution in [0, 0.1) is 24.2 Å². The third kappa shape index (κ3) is 3.67. The van der Waals surface area contributed by atoms with Gasteiger partial charge < -0.3 is 4.98 Å². The van der Waals surface area contributed by atoms with Gasteiger partial charge in [0.2, 0.25) is 0 Å². The van der Waals surface area contributed by atoms with Crippen LogP contribution in [0.5, 0.6) is 0 Å². The van der Waals surface area contributed by atoms with Crippen LogP contribution in [-0.4, -0.2) is 26.5 Å². The number of amides is 1. The van der Waals surface area contributed by atoms with Crippen molar-refractivity contribution in [2.45, 2.75) is 20.3 Å². The molecule has 0 fully saturated rings. The molecule has 0 aliphatic heterocycles. The number of hydrogen-bond acceptors (Lipinski definition) is 3. The zero-order chi connectivity index (χ0) is 19.4. The number of benzene rings is 1. The molecule has 1 aromatic carbocycles. The zero-order valence-electron chi connectivity index (χ0n) is 15.6. The maximum absolute atomic E-state index is 13.2. The molecule has 0 atom stereocenters. The summed E-state index contributed by atoms with van der Waals surface area (Å²) >= 11 is 0. The molecule has 2 aromatic heterocycles. The minimum absolute atomic E-state index is 0.225. The standard InChI is InChI=1S/C21H21N5O/c1-4-19(22)26(18-8-6-5-7-9-18)21(27)20-16(12-13-23-20)10-11-17-14-24-25(3)15(17)2/h5-9,12-14,22-23H,4H2,1-3H3. The van der Waals surface area contributed by atoms with Crippen molar-refractivity contribution in [1.82, 2.24) is 14.8 Å². The van der Waals surface area contributed by atoms with Gasteiger partial charge in [0.1, 0.15) is 11.5 Å². The lowest BCUT2D eigenvalue weighted by atomic mass is 10.1. The van der Waals surface area contributed by atoms with Crippen LogP contribution in [0.15, 0.2) is 48.8 Å². The van der Waals surface area contributed by atoms with Gasteiger partial charge in [-0.15, -0.1) is 0 Å². The number of H-pyrrole nitrogens is 1. The van der Waals surface area contributed by atoms with Gasteiger partial charge in [0.25, 0.3) is 5.91 Å². The number of carbonyl (C=O) groups excluding carboxylic acids is 1. The fourth-order valence-corrected chi connectivity index (χ4v) is 2.65. The van der Waals surface area contributed by atoms with Gasteiger partial charge >= 0.3 is 0 Å². The van der Waals surface area contributed by atoms with Crippen molar-refractivity contribution in [2.24, 2.45) is 7.05 Å². The second kappa shape index (κ2) is 7.75. The van der Waals surface area contributed by atoms with E-state index >= 15 is 0 Å². The smallest absolute Gasteiger partial charge is 0.281 e. The molecule has 0 aliphatic rings. The first-order chi connectivity index (χ1) is 13.0. The number of carbonyl (C=O) groups is 1. The molecule has 6 heteroatoms. The Balaban J connectivity index is 1.97. The molecule has 3 aromatic rings. The highest BCUT2D eigenvalue weighted by Gasteiger charge is 2.23. The molecule has 27 heavy (non-hydrogen) atoms. The predicted molar refractivity (Wildman–Crippen MR) is 106 cm³/mol. The first-order valence-corrected chi connectivity index (χ1v) is 8.67. The fraction of sp³-hybridized carbons (Fsp3) is 0.190. The van der Waals surface area contributed by atoms with E-state index in [0.29, 0.717) is 23.4 Å². The average Bonchev–Trinajstić information content (AvgIpc) is 3.28. The van der Waals surface area contributed by atoms with E-state index in [1.165, 1.54) is 4.90 Å². The summed E-state index contributed by atoms with van der Waals surface area (Å²) in [6.45, 7) is 3.80. The number of anilines is 1. The molecule has 136 valence electrons. The van der Waals surface area contributed by atoms with Gasteiger partial charge in [-0.3, -0.25) is 19.8 Å². The van der Waals surface area contributed by atoms with E-state index in [9.17, 15) is 4.79 Å². The topological polar surface area (TPSA) is 77.8 Å². The van der Waals surface area contributed by atoms with Gasteiger partial charge in [-0.05, 0) is 25.1 Å². The van der Waals surface area contributed by atoms with E-state index in [1.807, 2.05) is 51.2 Å². The first kappa shape index (κ1) is 18.2. The Hall–Kier alpha value is -3.59. The van der Waals surface area contributed by atoms with Gasteiger partial charge in [0, 0.05) is 19.7 Å². The molecular formula is C21H21N5O. The average molecular weight is 359 g/mol. The number of para-hydroxylation sites is 1. The molecule has 1 amide bonds. The Morgan fingerprint density at radius 2 is 1.93 bits per heavy atom. The highest BCUT2D eigenvalue weighted by atomic mass is 16.2. The number of nitrogens with one attached hydrogen (secondary N) is 2. The predicted octanol–water partition coefficient (Wildman–Crippen LogP) is 3.49. The Morgan fingerprint density at radius 3 is 2.56 bits per heavy atom. The number of aromatic amines is 1. The maximum atomic E-state index is 13.2. The summed E-state index contributed by atoms with van der Waals surface area (Å²) < 4.78 is 1.76. The van der Waals surface area contributed by atoms with Gasteiger partial charge in [0.05, 0.1) is 28.7 Å². The van der Waals surface area contributed by atoms with Crippen LogP contribution in [0.3, 0.4) is 0 Å². The van der Waals surface area contributed by atoms with Crippen molar-refractivity contribution in [3.05, 3.63) is 71.3 Å². The van der Waals surface area contributed by atoms with E-state index < -0.39 is 0 Å². The maximum Gasteiger partial charge on any atom is 0.281 e. The summed E-state index contributed by atoms with van der Waals surface area (Å²) in [5.74, 6) is 6.06. The van der Waals surface area contributed by atoms with Crippen LogP contribution in [0.2, 0.25) is 0 Å². The molecule has 6 nitrogen and oxygen atoms in total. The number of nitrogens with zero attached hydrogens (tertiary/aromatic N) is 3. The van der Waals surface area contributed by atoms with Crippen LogP contribution >= 0.6 is 0 Å². The zero-order valence-corrected chi connectivity index (χ0v) is 15.6. The summed E-state index contributed by atoms with van der Waals surface area (Å²) in [4.78, 5) is 17.6. The normalized spacial score (nSPS) is 10.2. The minimum atomic E-state index is -0.301. The van der Waals surface area contributed by atoms with E-state index in [2.05, 4.69) is 21.9 Å². The van der Waals surface area contributed by atoms with Crippen LogP contribution in [0.4, 0.5) is 5.69 Å². The fourth-order valence-electron chi connectivity index (χ4n) is 2.65. The van der Waals surface area contributed by atoms with Gasteiger partial charge in [0.15, 0.2) is 0 Å². The lowest BCUT2D eigenvalue weighted by Gasteiger charge is -2.22. The number of aromatic nitrogens is 3. The minimum Gasteiger partial charge on any atom is -0.356 e. The lowest BCUT2D eigenvalue weighted by Crippen LogP contribution is -2.36. The van der Waals surface area contributed by atoms with E-state index in [1.54, 1.807) is 23.1 Å². The molecule has 0 spiro atoms. The third-order valence-electron chi connectivity index (χ3n) is 4.35. The van der Waals surface area contributed by atoms with Crippen LogP contribution in [-0.2, 0) is 7.05 Å². The number of aryl methyl sites for hydroxylation is 1.